The van der Waals surface area contributed by atoms with E-state index < -0.39 is 21.3 Å². The molecule has 8 heteroatoms. The van der Waals surface area contributed by atoms with E-state index in [0.29, 0.717) is 23.4 Å². The summed E-state index contributed by atoms with van der Waals surface area (Å²) in [6, 6.07) is 8.98. The van der Waals surface area contributed by atoms with Crippen LogP contribution in [0.2, 0.25) is 0 Å². The summed E-state index contributed by atoms with van der Waals surface area (Å²) in [5.74, 6) is -0.229. The summed E-state index contributed by atoms with van der Waals surface area (Å²) in [5, 5.41) is 2.84. The van der Waals surface area contributed by atoms with Crippen molar-refractivity contribution in [3.8, 4) is 5.75 Å². The predicted molar refractivity (Wildman–Crippen MR) is 97.8 cm³/mol. The standard InChI is InChI=1S/C19H19FN2O4S/c1-12-3-4-13(20)9-17(12)27(24,25)22-8-7-19(11-22)15-10-14(26-2)5-6-16(15)21-18(19)23/h3-6,9-10H,7-8,11H2,1-2H3,(H,21,23). The molecule has 1 spiro atoms. The topological polar surface area (TPSA) is 75.7 Å². The van der Waals surface area contributed by atoms with Gasteiger partial charge in [0.25, 0.3) is 0 Å². The van der Waals surface area contributed by atoms with E-state index >= 15 is 0 Å². The molecule has 1 fully saturated rings. The van der Waals surface area contributed by atoms with Crippen molar-refractivity contribution in [3.63, 3.8) is 0 Å². The Hall–Kier alpha value is -2.45. The monoisotopic (exact) mass is 390 g/mol. The Kier molecular flexibility index (Phi) is 4.01. The Morgan fingerprint density at radius 1 is 1.22 bits per heavy atom. The molecule has 27 heavy (non-hydrogen) atoms. The maximum atomic E-state index is 13.6. The summed E-state index contributed by atoms with van der Waals surface area (Å²) in [6.45, 7) is 1.82. The third-order valence-corrected chi connectivity index (χ3v) is 7.41. The van der Waals surface area contributed by atoms with Crippen molar-refractivity contribution in [1.29, 1.82) is 0 Å². The molecule has 2 heterocycles. The minimum Gasteiger partial charge on any atom is -0.497 e. The maximum Gasteiger partial charge on any atom is 0.243 e. The molecule has 2 aliphatic heterocycles. The molecule has 142 valence electrons. The minimum atomic E-state index is -3.91. The lowest BCUT2D eigenvalue weighted by Gasteiger charge is -2.23. The first-order chi connectivity index (χ1) is 12.8. The van der Waals surface area contributed by atoms with E-state index in [-0.39, 0.29) is 23.9 Å². The third-order valence-electron chi connectivity index (χ3n) is 5.43. The number of fused-ring (bicyclic) bond motifs is 2. The lowest BCUT2D eigenvalue weighted by atomic mass is 9.81. The number of anilines is 1. The van der Waals surface area contributed by atoms with Gasteiger partial charge in [0.2, 0.25) is 15.9 Å². The number of ether oxygens (including phenoxy) is 1. The van der Waals surface area contributed by atoms with E-state index in [1.165, 1.54) is 23.5 Å². The Morgan fingerprint density at radius 2 is 2.00 bits per heavy atom. The molecule has 1 saturated heterocycles. The number of nitrogens with zero attached hydrogens (tertiary/aromatic N) is 1. The van der Waals surface area contributed by atoms with Crippen molar-refractivity contribution in [1.82, 2.24) is 4.31 Å². The zero-order chi connectivity index (χ0) is 19.4. The average molecular weight is 390 g/mol. The molecule has 1 amide bonds. The number of benzene rings is 2. The highest BCUT2D eigenvalue weighted by molar-refractivity contribution is 7.89. The highest BCUT2D eigenvalue weighted by atomic mass is 32.2. The number of carbonyl (C=O) groups excluding carboxylic acids is 1. The van der Waals surface area contributed by atoms with E-state index in [4.69, 9.17) is 4.74 Å². The van der Waals surface area contributed by atoms with Gasteiger partial charge in [-0.25, -0.2) is 12.8 Å². The number of hydrogen-bond donors (Lipinski definition) is 1. The fourth-order valence-electron chi connectivity index (χ4n) is 3.90. The van der Waals surface area contributed by atoms with Crippen molar-refractivity contribution in [3.05, 3.63) is 53.3 Å². The van der Waals surface area contributed by atoms with Crippen molar-refractivity contribution in [2.24, 2.45) is 0 Å². The van der Waals surface area contributed by atoms with Gasteiger partial charge in [-0.05, 0) is 54.8 Å². The second kappa shape index (κ2) is 6.03. The lowest BCUT2D eigenvalue weighted by Crippen LogP contribution is -2.39. The molecule has 6 nitrogen and oxygen atoms in total. The zero-order valence-corrected chi connectivity index (χ0v) is 15.8. The Balaban J connectivity index is 1.74. The zero-order valence-electron chi connectivity index (χ0n) is 15.0. The van der Waals surface area contributed by atoms with Gasteiger partial charge < -0.3 is 10.1 Å². The van der Waals surface area contributed by atoms with Crippen molar-refractivity contribution in [2.75, 3.05) is 25.5 Å². The summed E-state index contributed by atoms with van der Waals surface area (Å²) in [4.78, 5) is 12.7. The van der Waals surface area contributed by atoms with Crippen LogP contribution in [-0.4, -0.2) is 38.8 Å². The number of halogens is 1. The number of methoxy groups -OCH3 is 1. The summed E-state index contributed by atoms with van der Waals surface area (Å²) in [6.07, 6.45) is 0.354. The van der Waals surface area contributed by atoms with Crippen LogP contribution in [0.4, 0.5) is 10.1 Å². The molecule has 1 unspecified atom stereocenters. The van der Waals surface area contributed by atoms with Crippen LogP contribution < -0.4 is 10.1 Å². The predicted octanol–water partition coefficient (Wildman–Crippen LogP) is 2.43. The smallest absolute Gasteiger partial charge is 0.243 e. The molecule has 2 aliphatic rings. The summed E-state index contributed by atoms with van der Waals surface area (Å²) in [7, 11) is -2.38. The number of nitrogens with one attached hydrogen (secondary N) is 1. The first-order valence-corrected chi connectivity index (χ1v) is 9.98. The van der Waals surface area contributed by atoms with Gasteiger partial charge >= 0.3 is 0 Å². The lowest BCUT2D eigenvalue weighted by molar-refractivity contribution is -0.120. The molecule has 1 N–H and O–H groups in total. The van der Waals surface area contributed by atoms with Crippen LogP contribution in [0.3, 0.4) is 0 Å². The second-order valence-electron chi connectivity index (χ2n) is 6.95. The number of rotatable bonds is 3. The molecule has 4 rings (SSSR count). The van der Waals surface area contributed by atoms with Gasteiger partial charge in [0.15, 0.2) is 0 Å². The maximum absolute atomic E-state index is 13.6. The SMILES string of the molecule is COc1ccc2c(c1)C1(CCN(S(=O)(=O)c3cc(F)ccc3C)C1)C(=O)N2. The van der Waals surface area contributed by atoms with E-state index in [1.807, 2.05) is 0 Å². The van der Waals surface area contributed by atoms with Gasteiger partial charge in [0.1, 0.15) is 11.6 Å². The van der Waals surface area contributed by atoms with Crippen LogP contribution >= 0.6 is 0 Å². The van der Waals surface area contributed by atoms with Crippen LogP contribution in [0, 0.1) is 12.7 Å². The van der Waals surface area contributed by atoms with Crippen LogP contribution in [0.15, 0.2) is 41.3 Å². The number of sulfonamides is 1. The van der Waals surface area contributed by atoms with E-state index in [9.17, 15) is 17.6 Å². The summed E-state index contributed by atoms with van der Waals surface area (Å²) >= 11 is 0. The number of amides is 1. The Morgan fingerprint density at radius 3 is 2.74 bits per heavy atom. The molecule has 2 aromatic carbocycles. The van der Waals surface area contributed by atoms with Crippen LogP contribution in [0.25, 0.3) is 0 Å². The van der Waals surface area contributed by atoms with Crippen molar-refractivity contribution in [2.45, 2.75) is 23.7 Å². The van der Waals surface area contributed by atoms with Crippen molar-refractivity contribution >= 4 is 21.6 Å². The molecule has 2 aromatic rings. The Labute approximate surface area is 157 Å². The molecule has 0 saturated carbocycles. The average Bonchev–Trinajstić information content (AvgIpc) is 3.21. The van der Waals surface area contributed by atoms with Gasteiger partial charge in [0, 0.05) is 18.8 Å². The van der Waals surface area contributed by atoms with Gasteiger partial charge in [0.05, 0.1) is 17.4 Å². The van der Waals surface area contributed by atoms with E-state index in [1.54, 1.807) is 25.1 Å². The fraction of sp³-hybridized carbons (Fsp3) is 0.316. The third kappa shape index (κ3) is 2.62. The number of aryl methyl sites for hydroxylation is 1. The van der Waals surface area contributed by atoms with Crippen LogP contribution in [0.5, 0.6) is 5.75 Å². The molecule has 0 radical (unpaired) electrons. The summed E-state index contributed by atoms with van der Waals surface area (Å²) < 4.78 is 46.3. The minimum absolute atomic E-state index is 0.0112. The number of hydrogen-bond acceptors (Lipinski definition) is 4. The van der Waals surface area contributed by atoms with Gasteiger partial charge in [-0.3, -0.25) is 4.79 Å². The van der Waals surface area contributed by atoms with Crippen LogP contribution in [-0.2, 0) is 20.2 Å². The van der Waals surface area contributed by atoms with E-state index in [2.05, 4.69) is 5.32 Å². The largest absolute Gasteiger partial charge is 0.497 e. The Bertz CT molecular complexity index is 1050. The highest BCUT2D eigenvalue weighted by Crippen LogP contribution is 2.46. The quantitative estimate of drug-likeness (QED) is 0.873. The van der Waals surface area contributed by atoms with Gasteiger partial charge in [-0.1, -0.05) is 6.07 Å². The van der Waals surface area contributed by atoms with Gasteiger partial charge in [-0.15, -0.1) is 0 Å². The molecular formula is C19H19FN2O4S. The molecular weight excluding hydrogens is 371 g/mol. The molecule has 0 aromatic heterocycles. The first-order valence-electron chi connectivity index (χ1n) is 8.54. The van der Waals surface area contributed by atoms with E-state index in [0.717, 1.165) is 11.6 Å². The first kappa shape index (κ1) is 17.9. The van der Waals surface area contributed by atoms with Crippen molar-refractivity contribution < 1.29 is 22.3 Å². The molecule has 0 aliphatic carbocycles. The normalized spacial score (nSPS) is 22.1. The second-order valence-corrected chi connectivity index (χ2v) is 8.85. The summed E-state index contributed by atoms with van der Waals surface area (Å²) in [5.41, 5.74) is 0.913. The molecule has 1 atom stereocenters. The fourth-order valence-corrected chi connectivity index (χ4v) is 5.63. The number of carbonyl (C=O) groups is 1. The molecule has 0 bridgehead atoms. The highest BCUT2D eigenvalue weighted by Gasteiger charge is 2.53. The van der Waals surface area contributed by atoms with Gasteiger partial charge in [-0.2, -0.15) is 4.31 Å². The van der Waals surface area contributed by atoms with Crippen LogP contribution in [0.1, 0.15) is 17.5 Å².